The molecule has 2 aliphatic rings. The summed E-state index contributed by atoms with van der Waals surface area (Å²) in [6.45, 7) is 9.36. The molecule has 1 atom stereocenters. The van der Waals surface area contributed by atoms with Crippen LogP contribution in [0.4, 0.5) is 17.5 Å². The molecule has 34 heavy (non-hydrogen) atoms. The highest BCUT2D eigenvalue weighted by molar-refractivity contribution is 5.84. The lowest BCUT2D eigenvalue weighted by Gasteiger charge is -2.34. The van der Waals surface area contributed by atoms with Gasteiger partial charge in [0.25, 0.3) is 0 Å². The monoisotopic (exact) mass is 463 g/mol. The quantitative estimate of drug-likeness (QED) is 0.378. The van der Waals surface area contributed by atoms with Gasteiger partial charge in [0.05, 0.1) is 16.6 Å². The maximum Gasteiger partial charge on any atom is 0.224 e. The van der Waals surface area contributed by atoms with Crippen molar-refractivity contribution in [1.29, 1.82) is 0 Å². The molecule has 0 spiro atoms. The summed E-state index contributed by atoms with van der Waals surface area (Å²) < 4.78 is 0. The van der Waals surface area contributed by atoms with Crippen molar-refractivity contribution in [3.63, 3.8) is 0 Å². The van der Waals surface area contributed by atoms with Crippen LogP contribution >= 0.6 is 0 Å². The number of piperidine rings is 1. The third-order valence-corrected chi connectivity index (χ3v) is 6.83. The van der Waals surface area contributed by atoms with E-state index in [1.165, 1.54) is 12.1 Å². The fourth-order valence-corrected chi connectivity index (χ4v) is 4.68. The van der Waals surface area contributed by atoms with E-state index in [9.17, 15) is 0 Å². The topological polar surface area (TPSA) is 97.0 Å². The molecule has 0 amide bonds. The Morgan fingerprint density at radius 1 is 1.15 bits per heavy atom. The summed E-state index contributed by atoms with van der Waals surface area (Å²) in [4.78, 5) is 22.7. The number of hydrogen-bond donors (Lipinski definition) is 4. The van der Waals surface area contributed by atoms with Crippen LogP contribution in [0.2, 0.25) is 0 Å². The molecule has 0 saturated carbocycles. The Morgan fingerprint density at radius 2 is 2.03 bits per heavy atom. The van der Waals surface area contributed by atoms with E-state index in [0.29, 0.717) is 12.0 Å². The lowest BCUT2D eigenvalue weighted by atomic mass is 10.1. The molecule has 5 rings (SSSR count). The molecular weight excluding hydrogens is 426 g/mol. The molecule has 9 heteroatoms. The number of aromatic nitrogens is 4. The van der Waals surface area contributed by atoms with Crippen molar-refractivity contribution in [3.8, 4) is 11.4 Å². The molecular formula is C25H37N9. The molecule has 9 nitrogen and oxygen atoms in total. The third kappa shape index (κ3) is 5.26. The number of imidazole rings is 1. The van der Waals surface area contributed by atoms with Crippen molar-refractivity contribution in [2.75, 3.05) is 68.4 Å². The van der Waals surface area contributed by atoms with Gasteiger partial charge in [0, 0.05) is 57.2 Å². The van der Waals surface area contributed by atoms with Gasteiger partial charge in [-0.2, -0.15) is 4.98 Å². The minimum Gasteiger partial charge on any atom is -0.369 e. The van der Waals surface area contributed by atoms with Crippen molar-refractivity contribution < 1.29 is 0 Å². The van der Waals surface area contributed by atoms with Crippen molar-refractivity contribution in [3.05, 3.63) is 24.4 Å². The van der Waals surface area contributed by atoms with E-state index < -0.39 is 0 Å². The molecule has 2 saturated heterocycles. The van der Waals surface area contributed by atoms with E-state index >= 15 is 0 Å². The fraction of sp³-hybridized carbons (Fsp3) is 0.560. The molecule has 0 bridgehead atoms. The van der Waals surface area contributed by atoms with Crippen molar-refractivity contribution >= 4 is 28.5 Å². The number of aromatic amines is 1. The van der Waals surface area contributed by atoms with Crippen LogP contribution in [-0.4, -0.2) is 83.7 Å². The number of nitrogens with zero attached hydrogens (tertiary/aromatic N) is 5. The number of likely N-dealkylation sites (N-methyl/N-ethyl adjacent to an activating group) is 1. The molecule has 1 unspecified atom stereocenters. The van der Waals surface area contributed by atoms with Gasteiger partial charge in [-0.05, 0) is 51.1 Å². The van der Waals surface area contributed by atoms with Crippen molar-refractivity contribution in [2.45, 2.75) is 38.6 Å². The SMILES string of the molecule is CCCCNc1ncc(-c2nc3ccc(N4CCN(C)CC4)cc3[nH]2)c(NC2CCCNC2)n1. The van der Waals surface area contributed by atoms with Crippen molar-refractivity contribution in [2.24, 2.45) is 0 Å². The highest BCUT2D eigenvalue weighted by Gasteiger charge is 2.20. The normalized spacial score (nSPS) is 19.5. The summed E-state index contributed by atoms with van der Waals surface area (Å²) in [6.07, 6.45) is 6.42. The van der Waals surface area contributed by atoms with E-state index in [-0.39, 0.29) is 0 Å². The average molecular weight is 464 g/mol. The van der Waals surface area contributed by atoms with Crippen molar-refractivity contribution in [1.82, 2.24) is 30.2 Å². The van der Waals surface area contributed by atoms with Crippen LogP contribution in [0.5, 0.6) is 0 Å². The van der Waals surface area contributed by atoms with Gasteiger partial charge in [0.2, 0.25) is 5.95 Å². The Balaban J connectivity index is 1.42. The molecule has 4 heterocycles. The number of anilines is 3. The zero-order valence-electron chi connectivity index (χ0n) is 20.4. The zero-order chi connectivity index (χ0) is 23.3. The van der Waals surface area contributed by atoms with Gasteiger partial charge in [-0.1, -0.05) is 13.3 Å². The molecule has 2 aromatic heterocycles. The van der Waals surface area contributed by atoms with Crippen LogP contribution in [0.25, 0.3) is 22.4 Å². The molecule has 2 fully saturated rings. The first kappa shape index (κ1) is 22.9. The molecule has 0 radical (unpaired) electrons. The number of rotatable bonds is 8. The molecule has 3 aromatic rings. The molecule has 182 valence electrons. The maximum atomic E-state index is 4.90. The standard InChI is InChI=1S/C25H37N9/c1-3-4-10-27-25-28-17-20(23(32-25)29-18-6-5-9-26-16-18)24-30-21-8-7-19(15-22(21)31-24)34-13-11-33(2)12-14-34/h7-8,15,17-18,26H,3-6,9-14,16H2,1-2H3,(H,30,31)(H2,27,28,29,32). The van der Waals surface area contributed by atoms with Crippen LogP contribution < -0.4 is 20.9 Å². The van der Waals surface area contributed by atoms with Gasteiger partial charge in [0.1, 0.15) is 11.6 Å². The van der Waals surface area contributed by atoms with Crippen LogP contribution in [-0.2, 0) is 0 Å². The highest BCUT2D eigenvalue weighted by atomic mass is 15.2. The summed E-state index contributed by atoms with van der Waals surface area (Å²) >= 11 is 0. The first-order chi connectivity index (χ1) is 16.7. The number of fused-ring (bicyclic) bond motifs is 1. The predicted octanol–water partition coefficient (Wildman–Crippen LogP) is 3.15. The Labute approximate surface area is 201 Å². The summed E-state index contributed by atoms with van der Waals surface area (Å²) in [6, 6.07) is 6.86. The number of hydrogen-bond acceptors (Lipinski definition) is 8. The van der Waals surface area contributed by atoms with E-state index in [1.54, 1.807) is 0 Å². The summed E-state index contributed by atoms with van der Waals surface area (Å²) in [7, 11) is 2.18. The molecule has 1 aromatic carbocycles. The number of unbranched alkanes of at least 4 members (excludes halogenated alkanes) is 1. The Morgan fingerprint density at radius 3 is 2.82 bits per heavy atom. The van der Waals surface area contributed by atoms with Gasteiger partial charge in [0.15, 0.2) is 0 Å². The van der Waals surface area contributed by atoms with E-state index in [4.69, 9.17) is 9.97 Å². The Bertz CT molecular complexity index is 1080. The van der Waals surface area contributed by atoms with E-state index in [2.05, 4.69) is 67.9 Å². The minimum absolute atomic E-state index is 0.346. The fourth-order valence-electron chi connectivity index (χ4n) is 4.68. The molecule has 4 N–H and O–H groups in total. The number of H-pyrrole nitrogens is 1. The van der Waals surface area contributed by atoms with Gasteiger partial charge in [-0.15, -0.1) is 0 Å². The molecule has 2 aliphatic heterocycles. The smallest absolute Gasteiger partial charge is 0.224 e. The minimum atomic E-state index is 0.346. The van der Waals surface area contributed by atoms with Crippen LogP contribution in [0.15, 0.2) is 24.4 Å². The van der Waals surface area contributed by atoms with E-state index in [0.717, 1.165) is 93.3 Å². The third-order valence-electron chi connectivity index (χ3n) is 6.83. The Kier molecular flexibility index (Phi) is 7.10. The number of nitrogens with one attached hydrogen (secondary N) is 4. The highest BCUT2D eigenvalue weighted by Crippen LogP contribution is 2.29. The number of piperazine rings is 1. The number of benzene rings is 1. The summed E-state index contributed by atoms with van der Waals surface area (Å²) in [5.41, 5.74) is 4.16. The van der Waals surface area contributed by atoms with Gasteiger partial charge in [-0.3, -0.25) is 0 Å². The second-order valence-corrected chi connectivity index (χ2v) is 9.50. The van der Waals surface area contributed by atoms with Gasteiger partial charge >= 0.3 is 0 Å². The second kappa shape index (κ2) is 10.6. The lowest BCUT2D eigenvalue weighted by molar-refractivity contribution is 0.313. The second-order valence-electron chi connectivity index (χ2n) is 9.50. The van der Waals surface area contributed by atoms with Gasteiger partial charge < -0.3 is 30.7 Å². The van der Waals surface area contributed by atoms with Crippen LogP contribution in [0.3, 0.4) is 0 Å². The zero-order valence-corrected chi connectivity index (χ0v) is 20.4. The largest absolute Gasteiger partial charge is 0.369 e. The van der Waals surface area contributed by atoms with Gasteiger partial charge in [-0.25, -0.2) is 9.97 Å². The summed E-state index contributed by atoms with van der Waals surface area (Å²) in [5, 5.41) is 10.5. The molecule has 0 aliphatic carbocycles. The first-order valence-electron chi connectivity index (χ1n) is 12.7. The summed E-state index contributed by atoms with van der Waals surface area (Å²) in [5.74, 6) is 2.30. The van der Waals surface area contributed by atoms with E-state index in [1.807, 2.05) is 6.20 Å². The average Bonchev–Trinajstić information content (AvgIpc) is 3.29. The van der Waals surface area contributed by atoms with Crippen LogP contribution in [0, 0.1) is 0 Å². The predicted molar refractivity (Wildman–Crippen MR) is 140 cm³/mol. The Hall–Kier alpha value is -2.91. The maximum absolute atomic E-state index is 4.90. The lowest BCUT2D eigenvalue weighted by Crippen LogP contribution is -2.44. The first-order valence-corrected chi connectivity index (χ1v) is 12.7. The van der Waals surface area contributed by atoms with Crippen LogP contribution in [0.1, 0.15) is 32.6 Å².